The highest BCUT2D eigenvalue weighted by Gasteiger charge is 2.11. The molecule has 5 heteroatoms. The number of ether oxygens (including phenoxy) is 1. The van der Waals surface area contributed by atoms with Crippen molar-refractivity contribution in [1.29, 1.82) is 0 Å². The van der Waals surface area contributed by atoms with Gasteiger partial charge in [0.2, 0.25) is 0 Å². The van der Waals surface area contributed by atoms with Crippen molar-refractivity contribution in [3.05, 3.63) is 59.2 Å². The van der Waals surface area contributed by atoms with Gasteiger partial charge in [-0.1, -0.05) is 12.1 Å². The third-order valence-electron chi connectivity index (χ3n) is 2.84. The molecule has 3 rings (SSSR count). The van der Waals surface area contributed by atoms with Crippen LogP contribution < -0.4 is 4.74 Å². The average molecular weight is 285 g/mol. The van der Waals surface area contributed by atoms with E-state index in [0.29, 0.717) is 17.9 Å². The van der Waals surface area contributed by atoms with Crippen LogP contribution in [0, 0.1) is 0 Å². The van der Waals surface area contributed by atoms with Crippen LogP contribution >= 0.6 is 11.3 Å². The first kappa shape index (κ1) is 12.6. The fourth-order valence-electron chi connectivity index (χ4n) is 1.94. The third kappa shape index (κ3) is 2.48. The second-order valence-electron chi connectivity index (χ2n) is 4.22. The van der Waals surface area contributed by atoms with Gasteiger partial charge in [0.15, 0.2) is 0 Å². The van der Waals surface area contributed by atoms with Gasteiger partial charge < -0.3 is 9.84 Å². The van der Waals surface area contributed by atoms with Crippen molar-refractivity contribution < 1.29 is 14.6 Å². The highest BCUT2D eigenvalue weighted by molar-refractivity contribution is 7.19. The number of carbonyl (C=O) groups is 1. The molecule has 4 nitrogen and oxygen atoms in total. The van der Waals surface area contributed by atoms with Gasteiger partial charge in [-0.2, -0.15) is 0 Å². The maximum Gasteiger partial charge on any atom is 0.337 e. The lowest BCUT2D eigenvalue weighted by Crippen LogP contribution is -1.94. The summed E-state index contributed by atoms with van der Waals surface area (Å²) in [5, 5.41) is 10.1. The molecule has 0 aliphatic rings. The van der Waals surface area contributed by atoms with Gasteiger partial charge >= 0.3 is 5.97 Å². The highest BCUT2D eigenvalue weighted by atomic mass is 32.1. The van der Waals surface area contributed by atoms with E-state index >= 15 is 0 Å². The zero-order valence-electron chi connectivity index (χ0n) is 10.4. The quantitative estimate of drug-likeness (QED) is 0.796. The van der Waals surface area contributed by atoms with E-state index in [0.717, 1.165) is 15.0 Å². The number of rotatable bonds is 4. The van der Waals surface area contributed by atoms with Crippen molar-refractivity contribution in [3.8, 4) is 5.75 Å². The topological polar surface area (TPSA) is 59.4 Å². The van der Waals surface area contributed by atoms with Gasteiger partial charge in [-0.3, -0.25) is 4.98 Å². The molecule has 0 radical (unpaired) electrons. The molecule has 0 saturated carbocycles. The first-order valence-electron chi connectivity index (χ1n) is 6.01. The van der Waals surface area contributed by atoms with E-state index in [1.54, 1.807) is 24.5 Å². The minimum Gasteiger partial charge on any atom is -0.486 e. The Morgan fingerprint density at radius 1 is 1.30 bits per heavy atom. The number of thiophene rings is 1. The van der Waals surface area contributed by atoms with Gasteiger partial charge in [0.1, 0.15) is 12.4 Å². The van der Waals surface area contributed by atoms with Crippen LogP contribution in [-0.2, 0) is 6.61 Å². The third-order valence-corrected chi connectivity index (χ3v) is 4.00. The molecule has 2 aromatic heterocycles. The summed E-state index contributed by atoms with van der Waals surface area (Å²) in [6.07, 6.45) is 3.33. The largest absolute Gasteiger partial charge is 0.486 e. The molecule has 100 valence electrons. The number of aromatic nitrogens is 1. The van der Waals surface area contributed by atoms with Crippen LogP contribution in [0.2, 0.25) is 0 Å². The van der Waals surface area contributed by atoms with Crippen LogP contribution in [0.3, 0.4) is 0 Å². The van der Waals surface area contributed by atoms with E-state index in [4.69, 9.17) is 9.84 Å². The number of carboxylic acid groups (broad SMARTS) is 1. The number of hydrogen-bond acceptors (Lipinski definition) is 4. The highest BCUT2D eigenvalue weighted by Crippen LogP contribution is 2.29. The Kier molecular flexibility index (Phi) is 3.35. The smallest absolute Gasteiger partial charge is 0.337 e. The molecule has 0 atom stereocenters. The molecule has 1 N–H and O–H groups in total. The monoisotopic (exact) mass is 285 g/mol. The van der Waals surface area contributed by atoms with Gasteiger partial charge in [0.05, 0.1) is 11.8 Å². The molecule has 0 spiro atoms. The maximum atomic E-state index is 11.2. The number of nitrogens with zero attached hydrogens (tertiary/aromatic N) is 1. The Balaban J connectivity index is 1.86. The van der Waals surface area contributed by atoms with Crippen molar-refractivity contribution in [2.24, 2.45) is 0 Å². The van der Waals surface area contributed by atoms with E-state index in [9.17, 15) is 4.79 Å². The Hall–Kier alpha value is -2.40. The minimum absolute atomic E-state index is 0.333. The second kappa shape index (κ2) is 5.30. The number of pyridine rings is 1. The lowest BCUT2D eigenvalue weighted by Gasteiger charge is -2.02. The van der Waals surface area contributed by atoms with Crippen LogP contribution in [0.1, 0.15) is 15.2 Å². The number of fused-ring (bicyclic) bond motifs is 1. The summed E-state index contributed by atoms with van der Waals surface area (Å²) in [5.74, 6) is -0.208. The van der Waals surface area contributed by atoms with Gasteiger partial charge in [-0.05, 0) is 29.7 Å². The number of aromatic carboxylic acids is 1. The fraction of sp³-hybridized carbons (Fsp3) is 0.0667. The van der Waals surface area contributed by atoms with Gasteiger partial charge in [0, 0.05) is 15.8 Å². The summed E-state index contributed by atoms with van der Waals surface area (Å²) in [6, 6.07) is 10.9. The van der Waals surface area contributed by atoms with Gasteiger partial charge in [-0.15, -0.1) is 11.3 Å². The lowest BCUT2D eigenvalue weighted by molar-refractivity contribution is 0.0699. The second-order valence-corrected chi connectivity index (χ2v) is 5.36. The zero-order chi connectivity index (χ0) is 13.9. The maximum absolute atomic E-state index is 11.2. The summed E-state index contributed by atoms with van der Waals surface area (Å²) in [6.45, 7) is 0.407. The summed E-state index contributed by atoms with van der Waals surface area (Å²) in [5.41, 5.74) is 0.333. The molecule has 0 fully saturated rings. The molecule has 0 bridgehead atoms. The van der Waals surface area contributed by atoms with E-state index in [1.807, 2.05) is 24.3 Å². The molecule has 0 aliphatic heterocycles. The summed E-state index contributed by atoms with van der Waals surface area (Å²) in [7, 11) is 0. The molecule has 0 aliphatic carbocycles. The average Bonchev–Trinajstić information content (AvgIpc) is 2.88. The molecule has 2 heterocycles. The summed E-state index contributed by atoms with van der Waals surface area (Å²) < 4.78 is 6.40. The Labute approximate surface area is 119 Å². The Morgan fingerprint density at radius 2 is 2.20 bits per heavy atom. The SMILES string of the molecule is O=C(O)c1cccc2cc(COc3cccnc3)sc12. The Bertz CT molecular complexity index is 752. The van der Waals surface area contributed by atoms with Crippen LogP contribution in [0.4, 0.5) is 0 Å². The van der Waals surface area contributed by atoms with Crippen molar-refractivity contribution in [1.82, 2.24) is 4.98 Å². The van der Waals surface area contributed by atoms with Crippen LogP contribution in [0.5, 0.6) is 5.75 Å². The van der Waals surface area contributed by atoms with E-state index in [1.165, 1.54) is 11.3 Å². The van der Waals surface area contributed by atoms with Crippen molar-refractivity contribution in [3.63, 3.8) is 0 Å². The van der Waals surface area contributed by atoms with E-state index in [-0.39, 0.29) is 0 Å². The van der Waals surface area contributed by atoms with Crippen LogP contribution in [-0.4, -0.2) is 16.1 Å². The number of hydrogen-bond donors (Lipinski definition) is 1. The zero-order valence-corrected chi connectivity index (χ0v) is 11.3. The summed E-state index contributed by atoms with van der Waals surface area (Å²) in [4.78, 5) is 16.1. The lowest BCUT2D eigenvalue weighted by atomic mass is 10.1. The predicted octanol–water partition coefficient (Wildman–Crippen LogP) is 3.57. The van der Waals surface area contributed by atoms with Crippen molar-refractivity contribution in [2.75, 3.05) is 0 Å². The predicted molar refractivity (Wildman–Crippen MR) is 77.4 cm³/mol. The molecule has 0 amide bonds. The van der Waals surface area contributed by atoms with Crippen molar-refractivity contribution in [2.45, 2.75) is 6.61 Å². The van der Waals surface area contributed by atoms with E-state index in [2.05, 4.69) is 4.98 Å². The van der Waals surface area contributed by atoms with Crippen LogP contribution in [0.25, 0.3) is 10.1 Å². The van der Waals surface area contributed by atoms with Crippen molar-refractivity contribution >= 4 is 27.4 Å². The van der Waals surface area contributed by atoms with Gasteiger partial charge in [-0.25, -0.2) is 4.79 Å². The standard InChI is InChI=1S/C15H11NO3S/c17-15(18)13-5-1-3-10-7-12(20-14(10)13)9-19-11-4-2-6-16-8-11/h1-8H,9H2,(H,17,18). The first-order chi connectivity index (χ1) is 9.74. The molecule has 3 aromatic rings. The van der Waals surface area contributed by atoms with Crippen LogP contribution in [0.15, 0.2) is 48.8 Å². The molecular formula is C15H11NO3S. The normalized spacial score (nSPS) is 10.6. The Morgan fingerprint density at radius 3 is 2.95 bits per heavy atom. The molecule has 0 saturated heterocycles. The summed E-state index contributed by atoms with van der Waals surface area (Å²) >= 11 is 1.45. The minimum atomic E-state index is -0.905. The molecular weight excluding hydrogens is 274 g/mol. The first-order valence-corrected chi connectivity index (χ1v) is 6.83. The molecule has 1 aromatic carbocycles. The van der Waals surface area contributed by atoms with E-state index < -0.39 is 5.97 Å². The molecule has 0 unspecified atom stereocenters. The number of carboxylic acids is 1. The number of benzene rings is 1. The molecule has 20 heavy (non-hydrogen) atoms. The fourth-order valence-corrected chi connectivity index (χ4v) is 3.02. The van der Waals surface area contributed by atoms with Gasteiger partial charge in [0.25, 0.3) is 0 Å².